The number of carboxylic acid groups (broad SMARTS) is 1. The summed E-state index contributed by atoms with van der Waals surface area (Å²) in [5, 5.41) is 11.5. The fraction of sp³-hybridized carbons (Fsp3) is 0.579. The van der Waals surface area contributed by atoms with E-state index in [4.69, 9.17) is 5.11 Å². The van der Waals surface area contributed by atoms with Gasteiger partial charge in [0.2, 0.25) is 15.9 Å². The van der Waals surface area contributed by atoms with Gasteiger partial charge in [-0.25, -0.2) is 8.42 Å². The van der Waals surface area contributed by atoms with Crippen LogP contribution in [-0.2, 0) is 19.6 Å². The summed E-state index contributed by atoms with van der Waals surface area (Å²) < 4.78 is 26.8. The normalized spacial score (nSPS) is 18.1. The van der Waals surface area contributed by atoms with Gasteiger partial charge in [0, 0.05) is 26.1 Å². The average molecular weight is 397 g/mol. The molecule has 1 aromatic rings. The van der Waals surface area contributed by atoms with Gasteiger partial charge in [-0.3, -0.25) is 9.59 Å². The number of carbonyl (C=O) groups excluding carboxylic acids is 1. The van der Waals surface area contributed by atoms with Gasteiger partial charge in [0.15, 0.2) is 0 Å². The highest BCUT2D eigenvalue weighted by molar-refractivity contribution is 7.89. The molecule has 1 aliphatic rings. The molecule has 0 spiro atoms. The van der Waals surface area contributed by atoms with E-state index in [1.807, 2.05) is 0 Å². The second-order valence-corrected chi connectivity index (χ2v) is 8.80. The van der Waals surface area contributed by atoms with E-state index in [0.717, 1.165) is 19.3 Å². The summed E-state index contributed by atoms with van der Waals surface area (Å²) in [5.41, 5.74) is 0. The molecule has 1 heterocycles. The Labute approximate surface area is 160 Å². The topological polar surface area (TPSA) is 104 Å². The predicted octanol–water partition coefficient (Wildman–Crippen LogP) is 2.24. The van der Waals surface area contributed by atoms with Crippen molar-refractivity contribution in [2.45, 2.75) is 49.8 Å². The fourth-order valence-corrected chi connectivity index (χ4v) is 4.77. The molecule has 1 saturated heterocycles. The van der Waals surface area contributed by atoms with Crippen molar-refractivity contribution in [2.75, 3.05) is 19.6 Å². The molecule has 1 aromatic carbocycles. The van der Waals surface area contributed by atoms with E-state index in [0.29, 0.717) is 32.4 Å². The van der Waals surface area contributed by atoms with Crippen molar-refractivity contribution in [1.82, 2.24) is 9.62 Å². The molecule has 1 amide bonds. The van der Waals surface area contributed by atoms with Crippen LogP contribution in [0.2, 0.25) is 0 Å². The Kier molecular flexibility index (Phi) is 8.24. The fourth-order valence-electron chi connectivity index (χ4n) is 3.23. The molecule has 0 unspecified atom stereocenters. The van der Waals surface area contributed by atoms with Crippen molar-refractivity contribution in [3.8, 4) is 0 Å². The van der Waals surface area contributed by atoms with E-state index in [1.54, 1.807) is 30.3 Å². The smallest absolute Gasteiger partial charge is 0.303 e. The Bertz CT molecular complexity index is 721. The maximum Gasteiger partial charge on any atom is 0.303 e. The molecule has 27 heavy (non-hydrogen) atoms. The van der Waals surface area contributed by atoms with Gasteiger partial charge in [-0.05, 0) is 37.8 Å². The highest BCUT2D eigenvalue weighted by Gasteiger charge is 2.33. The molecule has 1 fully saturated rings. The van der Waals surface area contributed by atoms with Crippen molar-refractivity contribution in [2.24, 2.45) is 5.92 Å². The monoisotopic (exact) mass is 396 g/mol. The molecule has 2 N–H and O–H groups in total. The number of aliphatic carboxylic acids is 1. The molecular formula is C19H28N2O5S. The molecular weight excluding hydrogens is 368 g/mol. The Balaban J connectivity index is 1.77. The highest BCUT2D eigenvalue weighted by atomic mass is 32.2. The number of hydrogen-bond acceptors (Lipinski definition) is 4. The van der Waals surface area contributed by atoms with E-state index < -0.39 is 16.0 Å². The molecule has 150 valence electrons. The van der Waals surface area contributed by atoms with Crippen LogP contribution in [0.25, 0.3) is 0 Å². The summed E-state index contributed by atoms with van der Waals surface area (Å²) in [7, 11) is -3.57. The number of nitrogens with one attached hydrogen (secondary N) is 1. The van der Waals surface area contributed by atoms with Crippen molar-refractivity contribution in [3.05, 3.63) is 30.3 Å². The summed E-state index contributed by atoms with van der Waals surface area (Å²) in [6.07, 6.45) is 4.68. The van der Waals surface area contributed by atoms with Crippen molar-refractivity contribution < 1.29 is 23.1 Å². The van der Waals surface area contributed by atoms with Gasteiger partial charge >= 0.3 is 5.97 Å². The summed E-state index contributed by atoms with van der Waals surface area (Å²) in [4.78, 5) is 23.1. The van der Waals surface area contributed by atoms with Crippen LogP contribution < -0.4 is 5.32 Å². The number of carbonyl (C=O) groups is 2. The maximum atomic E-state index is 12.7. The average Bonchev–Trinajstić information content (AvgIpc) is 2.67. The zero-order chi connectivity index (χ0) is 19.7. The van der Waals surface area contributed by atoms with Gasteiger partial charge in [0.25, 0.3) is 0 Å². The van der Waals surface area contributed by atoms with Gasteiger partial charge in [-0.2, -0.15) is 4.31 Å². The van der Waals surface area contributed by atoms with Gasteiger partial charge in [-0.1, -0.05) is 31.0 Å². The third-order valence-electron chi connectivity index (χ3n) is 4.75. The van der Waals surface area contributed by atoms with Crippen LogP contribution in [0.1, 0.15) is 44.9 Å². The first-order valence-corrected chi connectivity index (χ1v) is 10.9. The summed E-state index contributed by atoms with van der Waals surface area (Å²) in [5.74, 6) is -1.21. The number of piperidine rings is 1. The number of benzene rings is 1. The number of rotatable bonds is 10. The van der Waals surface area contributed by atoms with Crippen LogP contribution in [0.5, 0.6) is 0 Å². The van der Waals surface area contributed by atoms with Gasteiger partial charge in [0.05, 0.1) is 10.8 Å². The van der Waals surface area contributed by atoms with Gasteiger partial charge < -0.3 is 10.4 Å². The first-order valence-electron chi connectivity index (χ1n) is 9.46. The van der Waals surface area contributed by atoms with E-state index in [9.17, 15) is 18.0 Å². The minimum atomic E-state index is -3.57. The van der Waals surface area contributed by atoms with Crippen molar-refractivity contribution >= 4 is 21.9 Å². The van der Waals surface area contributed by atoms with Gasteiger partial charge in [-0.15, -0.1) is 0 Å². The Hall–Kier alpha value is -1.93. The van der Waals surface area contributed by atoms with Crippen LogP contribution >= 0.6 is 0 Å². The number of amides is 1. The number of hydrogen-bond donors (Lipinski definition) is 2. The predicted molar refractivity (Wildman–Crippen MR) is 102 cm³/mol. The molecule has 0 saturated carbocycles. The molecule has 0 bridgehead atoms. The first-order chi connectivity index (χ1) is 12.9. The second kappa shape index (κ2) is 10.4. The standard InChI is InChI=1S/C19H28N2O5S/c22-18(23)12-6-1-2-7-13-20-19(24)16-9-8-14-21(15-16)27(25,26)17-10-4-3-5-11-17/h3-5,10-11,16H,1-2,6-9,12-15H2,(H,20,24)(H,22,23)/t16-/m0/s1. The van der Waals surface area contributed by atoms with E-state index in [-0.39, 0.29) is 29.7 Å². The number of carboxylic acids is 1. The lowest BCUT2D eigenvalue weighted by molar-refractivity contribution is -0.137. The molecule has 8 heteroatoms. The maximum absolute atomic E-state index is 12.7. The first kappa shape index (κ1) is 21.4. The lowest BCUT2D eigenvalue weighted by atomic mass is 9.99. The van der Waals surface area contributed by atoms with Crippen molar-refractivity contribution in [1.29, 1.82) is 0 Å². The van der Waals surface area contributed by atoms with E-state index in [1.165, 1.54) is 4.31 Å². The van der Waals surface area contributed by atoms with Crippen LogP contribution in [0.4, 0.5) is 0 Å². The SMILES string of the molecule is O=C(O)CCCCCCNC(=O)[C@H]1CCCN(S(=O)(=O)c2ccccc2)C1. The third-order valence-corrected chi connectivity index (χ3v) is 6.63. The van der Waals surface area contributed by atoms with E-state index >= 15 is 0 Å². The second-order valence-electron chi connectivity index (χ2n) is 6.86. The summed E-state index contributed by atoms with van der Waals surface area (Å²) >= 11 is 0. The molecule has 2 rings (SSSR count). The molecule has 0 radical (unpaired) electrons. The Morgan fingerprint density at radius 2 is 1.81 bits per heavy atom. The Morgan fingerprint density at radius 1 is 1.11 bits per heavy atom. The van der Waals surface area contributed by atoms with Crippen LogP contribution in [0, 0.1) is 5.92 Å². The largest absolute Gasteiger partial charge is 0.481 e. The molecule has 0 aliphatic carbocycles. The number of sulfonamides is 1. The lowest BCUT2D eigenvalue weighted by Crippen LogP contribution is -2.45. The zero-order valence-corrected chi connectivity index (χ0v) is 16.3. The van der Waals surface area contributed by atoms with Crippen LogP contribution in [-0.4, -0.2) is 49.3 Å². The van der Waals surface area contributed by atoms with Crippen LogP contribution in [0.3, 0.4) is 0 Å². The summed E-state index contributed by atoms with van der Waals surface area (Å²) in [6.45, 7) is 1.18. The minimum Gasteiger partial charge on any atom is -0.481 e. The van der Waals surface area contributed by atoms with E-state index in [2.05, 4.69) is 5.32 Å². The number of unbranched alkanes of at least 4 members (excludes halogenated alkanes) is 3. The lowest BCUT2D eigenvalue weighted by Gasteiger charge is -2.31. The molecule has 1 atom stereocenters. The van der Waals surface area contributed by atoms with Gasteiger partial charge in [0.1, 0.15) is 0 Å². The molecule has 0 aromatic heterocycles. The zero-order valence-electron chi connectivity index (χ0n) is 15.5. The van der Waals surface area contributed by atoms with Crippen molar-refractivity contribution in [3.63, 3.8) is 0 Å². The minimum absolute atomic E-state index is 0.103. The third kappa shape index (κ3) is 6.62. The molecule has 7 nitrogen and oxygen atoms in total. The summed E-state index contributed by atoms with van der Waals surface area (Å²) in [6, 6.07) is 8.30. The number of nitrogens with zero attached hydrogens (tertiary/aromatic N) is 1. The Morgan fingerprint density at radius 3 is 2.52 bits per heavy atom. The van der Waals surface area contributed by atoms with Crippen LogP contribution in [0.15, 0.2) is 35.2 Å². The molecule has 1 aliphatic heterocycles. The quantitative estimate of drug-likeness (QED) is 0.590. The highest BCUT2D eigenvalue weighted by Crippen LogP contribution is 2.23.